The smallest absolute Gasteiger partial charge is 0.262 e. The second-order valence-electron chi connectivity index (χ2n) is 4.53. The van der Waals surface area contributed by atoms with Gasteiger partial charge in [-0.1, -0.05) is 6.07 Å². The number of ether oxygens (including phenoxy) is 1. The Bertz CT molecular complexity index is 540. The van der Waals surface area contributed by atoms with Crippen LogP contribution in [-0.2, 0) is 4.79 Å². The number of aryl methyl sites for hydroxylation is 1. The van der Waals surface area contributed by atoms with Crippen LogP contribution in [0.3, 0.4) is 0 Å². The van der Waals surface area contributed by atoms with E-state index < -0.39 is 0 Å². The van der Waals surface area contributed by atoms with Gasteiger partial charge in [0.25, 0.3) is 5.91 Å². The molecule has 0 aliphatic carbocycles. The largest absolute Gasteiger partial charge is 0.496 e. The van der Waals surface area contributed by atoms with Gasteiger partial charge >= 0.3 is 0 Å². The van der Waals surface area contributed by atoms with E-state index in [1.165, 1.54) is 0 Å². The third-order valence-electron chi connectivity index (χ3n) is 2.51. The summed E-state index contributed by atoms with van der Waals surface area (Å²) >= 11 is 0. The average Bonchev–Trinajstić information content (AvgIpc) is 2.35. The molecule has 0 saturated carbocycles. The Morgan fingerprint density at radius 2 is 2.16 bits per heavy atom. The lowest BCUT2D eigenvalue weighted by atomic mass is 10.1. The Hall–Kier alpha value is -2.28. The average molecular weight is 258 g/mol. The van der Waals surface area contributed by atoms with Crippen LogP contribution in [-0.4, -0.2) is 19.1 Å². The summed E-state index contributed by atoms with van der Waals surface area (Å²) in [4.78, 5) is 11.8. The maximum atomic E-state index is 11.8. The van der Waals surface area contributed by atoms with E-state index in [9.17, 15) is 4.79 Å². The van der Waals surface area contributed by atoms with E-state index in [0.717, 1.165) is 16.9 Å². The fourth-order valence-electron chi connectivity index (χ4n) is 1.65. The lowest BCUT2D eigenvalue weighted by Crippen LogP contribution is -2.30. The number of amides is 1. The lowest BCUT2D eigenvalue weighted by molar-refractivity contribution is -0.117. The van der Waals surface area contributed by atoms with Gasteiger partial charge in [0, 0.05) is 6.04 Å². The van der Waals surface area contributed by atoms with Gasteiger partial charge < -0.3 is 10.1 Å². The first-order valence-corrected chi connectivity index (χ1v) is 6.05. The second kappa shape index (κ2) is 6.60. The first-order valence-electron chi connectivity index (χ1n) is 6.05. The molecule has 0 radical (unpaired) electrons. The topological polar surface area (TPSA) is 62.1 Å². The highest BCUT2D eigenvalue weighted by atomic mass is 16.5. The highest BCUT2D eigenvalue weighted by molar-refractivity contribution is 6.01. The molecule has 1 aromatic carbocycles. The minimum atomic E-state index is -0.356. The van der Waals surface area contributed by atoms with Crippen molar-refractivity contribution < 1.29 is 9.53 Å². The second-order valence-corrected chi connectivity index (χ2v) is 4.53. The molecule has 1 aromatic rings. The first-order chi connectivity index (χ1) is 8.97. The molecule has 0 aliphatic rings. The van der Waals surface area contributed by atoms with Crippen LogP contribution in [0, 0.1) is 18.3 Å². The van der Waals surface area contributed by atoms with E-state index in [-0.39, 0.29) is 17.5 Å². The monoisotopic (exact) mass is 258 g/mol. The summed E-state index contributed by atoms with van der Waals surface area (Å²) in [6.45, 7) is 5.62. The third kappa shape index (κ3) is 4.14. The van der Waals surface area contributed by atoms with Gasteiger partial charge in [0.05, 0.1) is 7.11 Å². The Morgan fingerprint density at radius 1 is 1.47 bits per heavy atom. The molecule has 0 spiro atoms. The van der Waals surface area contributed by atoms with Crippen LogP contribution in [0.1, 0.15) is 25.0 Å². The summed E-state index contributed by atoms with van der Waals surface area (Å²) in [6, 6.07) is 7.42. The van der Waals surface area contributed by atoms with Crippen molar-refractivity contribution in [2.75, 3.05) is 7.11 Å². The van der Waals surface area contributed by atoms with Crippen LogP contribution < -0.4 is 10.1 Å². The van der Waals surface area contributed by atoms with Gasteiger partial charge in [-0.15, -0.1) is 0 Å². The molecule has 19 heavy (non-hydrogen) atoms. The number of hydrogen-bond acceptors (Lipinski definition) is 3. The number of carbonyl (C=O) groups is 1. The van der Waals surface area contributed by atoms with Gasteiger partial charge in [0.2, 0.25) is 0 Å². The standard InChI is InChI=1S/C15H18N2O2/c1-10(2)17-15(18)13(9-16)8-12-5-6-14(19-4)11(3)7-12/h5-8,10H,1-4H3,(H,17,18)/b13-8-. The number of methoxy groups -OCH3 is 1. The SMILES string of the molecule is COc1ccc(/C=C(/C#N)C(=O)NC(C)C)cc1C. The summed E-state index contributed by atoms with van der Waals surface area (Å²) in [5.41, 5.74) is 1.85. The summed E-state index contributed by atoms with van der Waals surface area (Å²) in [5.74, 6) is 0.424. The van der Waals surface area contributed by atoms with Gasteiger partial charge in [0.15, 0.2) is 0 Å². The molecule has 0 atom stereocenters. The molecule has 1 N–H and O–H groups in total. The third-order valence-corrected chi connectivity index (χ3v) is 2.51. The van der Waals surface area contributed by atoms with E-state index in [4.69, 9.17) is 10.00 Å². The molecule has 4 nitrogen and oxygen atoms in total. The van der Waals surface area contributed by atoms with Gasteiger partial charge in [-0.25, -0.2) is 0 Å². The van der Waals surface area contributed by atoms with E-state index in [1.807, 2.05) is 45.0 Å². The molecule has 0 aliphatic heterocycles. The highest BCUT2D eigenvalue weighted by Crippen LogP contribution is 2.20. The molecule has 1 rings (SSSR count). The quantitative estimate of drug-likeness (QED) is 0.666. The van der Waals surface area contributed by atoms with Crippen molar-refractivity contribution in [3.8, 4) is 11.8 Å². The fraction of sp³-hybridized carbons (Fsp3) is 0.333. The maximum absolute atomic E-state index is 11.8. The maximum Gasteiger partial charge on any atom is 0.262 e. The minimum absolute atomic E-state index is 0.00172. The Morgan fingerprint density at radius 3 is 2.63 bits per heavy atom. The van der Waals surface area contributed by atoms with Gasteiger partial charge in [-0.3, -0.25) is 4.79 Å². The summed E-state index contributed by atoms with van der Waals surface area (Å²) in [6.07, 6.45) is 1.57. The molecular weight excluding hydrogens is 240 g/mol. The molecule has 0 unspecified atom stereocenters. The molecule has 0 heterocycles. The van der Waals surface area contributed by atoms with E-state index in [2.05, 4.69) is 5.32 Å². The lowest BCUT2D eigenvalue weighted by Gasteiger charge is -2.08. The Labute approximate surface area is 113 Å². The number of hydrogen-bond donors (Lipinski definition) is 1. The molecule has 0 bridgehead atoms. The molecule has 0 fully saturated rings. The normalized spacial score (nSPS) is 11.1. The van der Waals surface area contributed by atoms with Crippen molar-refractivity contribution in [2.24, 2.45) is 0 Å². The van der Waals surface area contributed by atoms with E-state index in [1.54, 1.807) is 13.2 Å². The zero-order chi connectivity index (χ0) is 14.4. The van der Waals surface area contributed by atoms with Crippen LogP contribution in [0.25, 0.3) is 6.08 Å². The molecular formula is C15H18N2O2. The highest BCUT2D eigenvalue weighted by Gasteiger charge is 2.10. The van der Waals surface area contributed by atoms with E-state index in [0.29, 0.717) is 0 Å². The number of nitrogens with one attached hydrogen (secondary N) is 1. The zero-order valence-electron chi connectivity index (χ0n) is 11.7. The number of rotatable bonds is 4. The summed E-state index contributed by atoms with van der Waals surface area (Å²) < 4.78 is 5.17. The molecule has 100 valence electrons. The predicted molar refractivity (Wildman–Crippen MR) is 74.6 cm³/mol. The van der Waals surface area contributed by atoms with Gasteiger partial charge in [0.1, 0.15) is 17.4 Å². The van der Waals surface area contributed by atoms with Crippen molar-refractivity contribution >= 4 is 12.0 Å². The van der Waals surface area contributed by atoms with E-state index >= 15 is 0 Å². The summed E-state index contributed by atoms with van der Waals surface area (Å²) in [5, 5.41) is 11.7. The number of nitrogens with zero attached hydrogens (tertiary/aromatic N) is 1. The van der Waals surface area contributed by atoms with Crippen LogP contribution in [0.15, 0.2) is 23.8 Å². The Balaban J connectivity index is 3.02. The van der Waals surface area contributed by atoms with Gasteiger partial charge in [-0.2, -0.15) is 5.26 Å². The first kappa shape index (κ1) is 14.8. The van der Waals surface area contributed by atoms with Crippen molar-refractivity contribution in [1.29, 1.82) is 5.26 Å². The number of benzene rings is 1. The fourth-order valence-corrected chi connectivity index (χ4v) is 1.65. The summed E-state index contributed by atoms with van der Waals surface area (Å²) in [7, 11) is 1.61. The van der Waals surface area contributed by atoms with Crippen LogP contribution >= 0.6 is 0 Å². The predicted octanol–water partition coefficient (Wildman–Crippen LogP) is 2.44. The van der Waals surface area contributed by atoms with Crippen molar-refractivity contribution in [3.63, 3.8) is 0 Å². The molecule has 4 heteroatoms. The molecule has 0 saturated heterocycles. The van der Waals surface area contributed by atoms with Crippen molar-refractivity contribution in [1.82, 2.24) is 5.32 Å². The molecule has 0 aromatic heterocycles. The van der Waals surface area contributed by atoms with Crippen molar-refractivity contribution in [2.45, 2.75) is 26.8 Å². The van der Waals surface area contributed by atoms with Crippen LogP contribution in [0.4, 0.5) is 0 Å². The minimum Gasteiger partial charge on any atom is -0.496 e. The number of carbonyl (C=O) groups excluding carboxylic acids is 1. The number of nitriles is 1. The van der Waals surface area contributed by atoms with Crippen LogP contribution in [0.2, 0.25) is 0 Å². The van der Waals surface area contributed by atoms with Crippen LogP contribution in [0.5, 0.6) is 5.75 Å². The molecule has 1 amide bonds. The Kier molecular flexibility index (Phi) is 5.13. The van der Waals surface area contributed by atoms with Crippen molar-refractivity contribution in [3.05, 3.63) is 34.9 Å². The van der Waals surface area contributed by atoms with Gasteiger partial charge in [-0.05, 0) is 50.1 Å². The zero-order valence-corrected chi connectivity index (χ0v) is 11.7.